The average molecular weight is 509 g/mol. The van der Waals surface area contributed by atoms with Crippen LogP contribution >= 0.6 is 0 Å². The average Bonchev–Trinajstić information content (AvgIpc) is 3.31. The third-order valence-electron chi connectivity index (χ3n) is 6.46. The minimum absolute atomic E-state index is 0.00794. The normalized spacial score (nSPS) is 17.5. The van der Waals surface area contributed by atoms with E-state index in [0.717, 1.165) is 35.4 Å². The van der Waals surface area contributed by atoms with Gasteiger partial charge >= 0.3 is 0 Å². The molecule has 2 aromatic heterocycles. The molecule has 36 heavy (non-hydrogen) atoms. The molecular formula is C26H28N4O5S. The number of benzene rings is 1. The highest BCUT2D eigenvalue weighted by Crippen LogP contribution is 2.40. The lowest BCUT2D eigenvalue weighted by molar-refractivity contribution is 0.0771. The molecule has 0 unspecified atom stereocenters. The largest absolute Gasteiger partial charge is 0.490 e. The Morgan fingerprint density at radius 3 is 2.69 bits per heavy atom. The van der Waals surface area contributed by atoms with Crippen molar-refractivity contribution in [1.29, 1.82) is 0 Å². The van der Waals surface area contributed by atoms with Gasteiger partial charge in [0, 0.05) is 43.2 Å². The van der Waals surface area contributed by atoms with Crippen LogP contribution in [0.4, 0.5) is 11.4 Å². The number of pyridine rings is 2. The van der Waals surface area contributed by atoms with E-state index >= 15 is 0 Å². The number of aryl methyl sites for hydroxylation is 2. The quantitative estimate of drug-likeness (QED) is 0.517. The molecule has 1 fully saturated rings. The molecule has 0 radical (unpaired) electrons. The summed E-state index contributed by atoms with van der Waals surface area (Å²) in [7, 11) is -3.40. The lowest BCUT2D eigenvalue weighted by Crippen LogP contribution is -2.31. The summed E-state index contributed by atoms with van der Waals surface area (Å²) in [6.45, 7) is 5.85. The molecule has 1 amide bonds. The second-order valence-corrected chi connectivity index (χ2v) is 11.1. The van der Waals surface area contributed by atoms with E-state index in [2.05, 4.69) is 14.9 Å². The summed E-state index contributed by atoms with van der Waals surface area (Å²) in [5, 5.41) is 0.0825. The van der Waals surface area contributed by atoms with Crippen LogP contribution in [0.1, 0.15) is 27.9 Å². The molecule has 4 heterocycles. The van der Waals surface area contributed by atoms with Gasteiger partial charge in [-0.1, -0.05) is 0 Å². The zero-order chi connectivity index (χ0) is 25.4. The number of likely N-dealkylation sites (tertiary alicyclic amines) is 1. The molecule has 3 aromatic rings. The highest BCUT2D eigenvalue weighted by molar-refractivity contribution is 7.90. The van der Waals surface area contributed by atoms with Gasteiger partial charge in [0.15, 0.2) is 14.9 Å². The van der Waals surface area contributed by atoms with Gasteiger partial charge in [-0.2, -0.15) is 0 Å². The van der Waals surface area contributed by atoms with Crippen molar-refractivity contribution in [3.8, 4) is 11.5 Å². The molecule has 0 spiro atoms. The molecule has 0 N–H and O–H groups in total. The van der Waals surface area contributed by atoms with Crippen molar-refractivity contribution < 1.29 is 22.7 Å². The molecule has 5 rings (SSSR count). The van der Waals surface area contributed by atoms with Gasteiger partial charge in [0.05, 0.1) is 30.7 Å². The van der Waals surface area contributed by atoms with Crippen LogP contribution in [0.15, 0.2) is 53.9 Å². The number of carbonyl (C=O) groups excluding carboxylic acids is 1. The Kier molecular flexibility index (Phi) is 6.29. The van der Waals surface area contributed by atoms with Crippen molar-refractivity contribution in [3.63, 3.8) is 0 Å². The molecular weight excluding hydrogens is 480 g/mol. The zero-order valence-electron chi connectivity index (χ0n) is 20.5. The van der Waals surface area contributed by atoms with E-state index < -0.39 is 9.84 Å². The zero-order valence-corrected chi connectivity index (χ0v) is 21.3. The van der Waals surface area contributed by atoms with Gasteiger partial charge in [0.1, 0.15) is 24.2 Å². The van der Waals surface area contributed by atoms with Crippen LogP contribution in [0.5, 0.6) is 11.5 Å². The van der Waals surface area contributed by atoms with Gasteiger partial charge in [0.2, 0.25) is 0 Å². The fraction of sp³-hybridized carbons (Fsp3) is 0.346. The smallest absolute Gasteiger partial charge is 0.254 e. The van der Waals surface area contributed by atoms with Crippen molar-refractivity contribution in [2.75, 3.05) is 37.4 Å². The molecule has 1 atom stereocenters. The minimum Gasteiger partial charge on any atom is -0.490 e. The highest BCUT2D eigenvalue weighted by atomic mass is 32.2. The van der Waals surface area contributed by atoms with Gasteiger partial charge in [-0.3, -0.25) is 9.78 Å². The fourth-order valence-electron chi connectivity index (χ4n) is 4.71. The number of anilines is 2. The van der Waals surface area contributed by atoms with Crippen LogP contribution in [-0.2, 0) is 9.84 Å². The summed E-state index contributed by atoms with van der Waals surface area (Å²) >= 11 is 0. The van der Waals surface area contributed by atoms with Crippen molar-refractivity contribution >= 4 is 27.1 Å². The summed E-state index contributed by atoms with van der Waals surface area (Å²) in [5.74, 6) is 1.39. The third kappa shape index (κ3) is 4.73. The number of fused-ring (bicyclic) bond motifs is 1. The third-order valence-corrected chi connectivity index (χ3v) is 7.59. The van der Waals surface area contributed by atoms with Crippen molar-refractivity contribution in [1.82, 2.24) is 14.9 Å². The van der Waals surface area contributed by atoms with Crippen LogP contribution in [-0.4, -0.2) is 67.8 Å². The molecule has 2 aliphatic rings. The summed E-state index contributed by atoms with van der Waals surface area (Å²) in [6, 6.07) is 9.25. The Labute approximate surface area is 210 Å². The Bertz CT molecular complexity index is 1430. The first-order chi connectivity index (χ1) is 17.2. The molecule has 0 bridgehead atoms. The molecule has 188 valence electrons. The van der Waals surface area contributed by atoms with Crippen LogP contribution in [0.3, 0.4) is 0 Å². The van der Waals surface area contributed by atoms with E-state index in [9.17, 15) is 13.2 Å². The topological polar surface area (TPSA) is 102 Å². The minimum atomic E-state index is -3.40. The van der Waals surface area contributed by atoms with E-state index in [1.807, 2.05) is 36.1 Å². The van der Waals surface area contributed by atoms with E-state index in [1.54, 1.807) is 31.6 Å². The van der Waals surface area contributed by atoms with Gasteiger partial charge in [-0.05, 0) is 49.2 Å². The highest BCUT2D eigenvalue weighted by Gasteiger charge is 2.30. The lowest BCUT2D eigenvalue weighted by atomic mass is 10.1. The van der Waals surface area contributed by atoms with Gasteiger partial charge < -0.3 is 19.3 Å². The molecule has 1 aromatic carbocycles. The summed E-state index contributed by atoms with van der Waals surface area (Å²) in [4.78, 5) is 25.1. The molecule has 9 nitrogen and oxygen atoms in total. The Hall–Kier alpha value is -3.66. The number of rotatable bonds is 5. The SMILES string of the molecule is Cc1cnccc1C(=O)N1CC[C@H](Oc2ccc3c(c2)N(c2cnc(S(C)(=O)=O)c(C)c2)CCO3)C1. The second-order valence-electron chi connectivity index (χ2n) is 9.19. The number of hydrogen-bond acceptors (Lipinski definition) is 8. The summed E-state index contributed by atoms with van der Waals surface area (Å²) in [5.41, 5.74) is 3.72. The summed E-state index contributed by atoms with van der Waals surface area (Å²) < 4.78 is 36.1. The van der Waals surface area contributed by atoms with Crippen LogP contribution in [0.2, 0.25) is 0 Å². The standard InChI is InChI=1S/C26H28N4O5S/c1-17-12-19(15-28-25(17)36(3,32)33)30-10-11-34-24-5-4-20(13-23(24)30)35-21-7-9-29(16-21)26(31)22-6-8-27-14-18(22)2/h4-6,8,12-15,21H,7,9-11,16H2,1-3H3/t21-/m0/s1. The predicted molar refractivity (Wildman–Crippen MR) is 135 cm³/mol. The maximum atomic E-state index is 12.9. The van der Waals surface area contributed by atoms with E-state index in [-0.39, 0.29) is 17.0 Å². The number of carbonyl (C=O) groups is 1. The lowest BCUT2D eigenvalue weighted by Gasteiger charge is -2.32. The Morgan fingerprint density at radius 1 is 1.11 bits per heavy atom. The Balaban J connectivity index is 1.33. The number of ether oxygens (including phenoxy) is 2. The Morgan fingerprint density at radius 2 is 1.94 bits per heavy atom. The second kappa shape index (κ2) is 9.42. The van der Waals surface area contributed by atoms with Crippen LogP contribution in [0, 0.1) is 13.8 Å². The maximum Gasteiger partial charge on any atom is 0.254 e. The maximum absolute atomic E-state index is 12.9. The van der Waals surface area contributed by atoms with Gasteiger partial charge in [-0.25, -0.2) is 13.4 Å². The van der Waals surface area contributed by atoms with Crippen LogP contribution in [0.25, 0.3) is 0 Å². The van der Waals surface area contributed by atoms with Crippen molar-refractivity contribution in [3.05, 3.63) is 65.6 Å². The molecule has 0 aliphatic carbocycles. The summed E-state index contributed by atoms with van der Waals surface area (Å²) in [6.07, 6.45) is 6.69. The molecule has 0 saturated carbocycles. The molecule has 10 heteroatoms. The van der Waals surface area contributed by atoms with Crippen molar-refractivity contribution in [2.24, 2.45) is 0 Å². The van der Waals surface area contributed by atoms with E-state index in [0.29, 0.717) is 43.1 Å². The van der Waals surface area contributed by atoms with Gasteiger partial charge in [0.25, 0.3) is 5.91 Å². The first-order valence-corrected chi connectivity index (χ1v) is 13.7. The molecule has 1 saturated heterocycles. The number of hydrogen-bond donors (Lipinski definition) is 0. The monoisotopic (exact) mass is 508 g/mol. The van der Waals surface area contributed by atoms with Crippen molar-refractivity contribution in [2.45, 2.75) is 31.4 Å². The van der Waals surface area contributed by atoms with E-state index in [1.165, 1.54) is 0 Å². The van der Waals surface area contributed by atoms with Crippen LogP contribution < -0.4 is 14.4 Å². The predicted octanol–water partition coefficient (Wildman–Crippen LogP) is 3.32. The number of aromatic nitrogens is 2. The van der Waals surface area contributed by atoms with Gasteiger partial charge in [-0.15, -0.1) is 0 Å². The molecule has 2 aliphatic heterocycles. The first kappa shape index (κ1) is 24.1. The fourth-order valence-corrected chi connectivity index (χ4v) is 5.60. The van der Waals surface area contributed by atoms with E-state index in [4.69, 9.17) is 9.47 Å². The number of sulfone groups is 1. The first-order valence-electron chi connectivity index (χ1n) is 11.8. The number of nitrogens with zero attached hydrogens (tertiary/aromatic N) is 4. The number of amides is 1.